The standard InChI is InChI=1S/C24H32N4OS.ClH/c1-2-3-4-5-6-7-10-19-12-14-20(15-13-19)27-23(29)22-21(11-8-16-25)28-18-9-17-26-24(28)30-22;/h12-15H,2-11,17-18H2,1H3,(H,27,29);1H. The molecule has 0 bridgehead atoms. The summed E-state index contributed by atoms with van der Waals surface area (Å²) in [5.74, 6) is -0.103. The summed E-state index contributed by atoms with van der Waals surface area (Å²) in [5, 5.41) is 12.9. The molecule has 0 atom stereocenters. The molecule has 1 aromatic carbocycles. The molecule has 0 unspecified atom stereocenters. The lowest BCUT2D eigenvalue weighted by Gasteiger charge is -2.24. The van der Waals surface area contributed by atoms with Crippen LogP contribution in [-0.2, 0) is 11.2 Å². The molecular formula is C24H33ClN4OS. The summed E-state index contributed by atoms with van der Waals surface area (Å²) < 4.78 is 0. The van der Waals surface area contributed by atoms with Crippen LogP contribution >= 0.6 is 24.2 Å². The van der Waals surface area contributed by atoms with Gasteiger partial charge in [0.05, 0.1) is 11.0 Å². The summed E-state index contributed by atoms with van der Waals surface area (Å²) in [6, 6.07) is 10.4. The van der Waals surface area contributed by atoms with Crippen molar-refractivity contribution in [3.05, 3.63) is 40.4 Å². The Kier molecular flexibility index (Phi) is 11.0. The molecule has 0 saturated heterocycles. The van der Waals surface area contributed by atoms with Crippen LogP contribution in [0.4, 0.5) is 5.69 Å². The molecule has 3 rings (SSSR count). The van der Waals surface area contributed by atoms with Crippen molar-refractivity contribution >= 4 is 40.9 Å². The van der Waals surface area contributed by atoms with E-state index in [9.17, 15) is 4.79 Å². The number of unbranched alkanes of at least 4 members (excludes halogenated alkanes) is 5. The van der Waals surface area contributed by atoms with Gasteiger partial charge in [-0.1, -0.05) is 51.2 Å². The average molecular weight is 461 g/mol. The molecule has 31 heavy (non-hydrogen) atoms. The Balaban J connectivity index is 0.00000341. The minimum atomic E-state index is -0.103. The molecule has 0 aliphatic carbocycles. The molecule has 168 valence electrons. The fourth-order valence-electron chi connectivity index (χ4n) is 3.85. The number of anilines is 1. The van der Waals surface area contributed by atoms with Crippen molar-refractivity contribution in [3.8, 4) is 6.07 Å². The molecule has 0 aromatic heterocycles. The van der Waals surface area contributed by atoms with Crippen molar-refractivity contribution < 1.29 is 4.79 Å². The smallest absolute Gasteiger partial charge is 0.264 e. The van der Waals surface area contributed by atoms with Gasteiger partial charge in [-0.15, -0.1) is 12.4 Å². The SMILES string of the molecule is CCCCCCCCc1ccc(NC(=O)C2=C(CCC#N)N3CCCN=C3S2)cc1.Cl. The van der Waals surface area contributed by atoms with Gasteiger partial charge in [-0.25, -0.2) is 0 Å². The van der Waals surface area contributed by atoms with Crippen molar-refractivity contribution in [3.63, 3.8) is 0 Å². The fourth-order valence-corrected chi connectivity index (χ4v) is 4.97. The van der Waals surface area contributed by atoms with Crippen LogP contribution in [0.3, 0.4) is 0 Å². The maximum atomic E-state index is 13.0. The Morgan fingerprint density at radius 2 is 1.90 bits per heavy atom. The third kappa shape index (κ3) is 7.29. The predicted molar refractivity (Wildman–Crippen MR) is 132 cm³/mol. The summed E-state index contributed by atoms with van der Waals surface area (Å²) in [6.45, 7) is 3.92. The van der Waals surface area contributed by atoms with Crippen molar-refractivity contribution in [2.75, 3.05) is 18.4 Å². The first-order valence-electron chi connectivity index (χ1n) is 11.2. The Morgan fingerprint density at radius 3 is 2.65 bits per heavy atom. The maximum absolute atomic E-state index is 13.0. The lowest BCUT2D eigenvalue weighted by molar-refractivity contribution is -0.112. The van der Waals surface area contributed by atoms with Crippen LogP contribution in [0.25, 0.3) is 0 Å². The number of carbonyl (C=O) groups excluding carboxylic acids is 1. The van der Waals surface area contributed by atoms with E-state index in [-0.39, 0.29) is 18.3 Å². The van der Waals surface area contributed by atoms with Crippen LogP contribution in [0.5, 0.6) is 0 Å². The highest BCUT2D eigenvalue weighted by Gasteiger charge is 2.33. The number of nitriles is 1. The second-order valence-electron chi connectivity index (χ2n) is 7.87. The number of thioether (sulfide) groups is 1. The molecule has 2 aliphatic heterocycles. The number of halogens is 1. The van der Waals surface area contributed by atoms with E-state index in [4.69, 9.17) is 5.26 Å². The van der Waals surface area contributed by atoms with Crippen molar-refractivity contribution in [2.24, 2.45) is 4.99 Å². The molecule has 0 radical (unpaired) electrons. The van der Waals surface area contributed by atoms with Crippen LogP contribution in [0.2, 0.25) is 0 Å². The molecule has 1 amide bonds. The zero-order chi connectivity index (χ0) is 21.2. The quantitative estimate of drug-likeness (QED) is 0.395. The number of benzene rings is 1. The Labute approximate surface area is 196 Å². The van der Waals surface area contributed by atoms with Gasteiger partial charge in [-0.05, 0) is 48.7 Å². The van der Waals surface area contributed by atoms with E-state index in [1.54, 1.807) is 0 Å². The van der Waals surface area contributed by atoms with Crippen LogP contribution in [-0.4, -0.2) is 29.1 Å². The Morgan fingerprint density at radius 1 is 1.16 bits per heavy atom. The summed E-state index contributed by atoms with van der Waals surface area (Å²) in [7, 11) is 0. The number of aliphatic imine (C=N–C) groups is 1. The third-order valence-corrected chi connectivity index (χ3v) is 6.67. The number of amides is 1. The number of hydrogen-bond donors (Lipinski definition) is 1. The molecule has 2 aliphatic rings. The van der Waals surface area contributed by atoms with Crippen LogP contribution in [0.1, 0.15) is 70.3 Å². The topological polar surface area (TPSA) is 68.5 Å². The van der Waals surface area contributed by atoms with Gasteiger partial charge >= 0.3 is 0 Å². The molecule has 0 fully saturated rings. The molecule has 1 aromatic rings. The number of nitrogens with zero attached hydrogens (tertiary/aromatic N) is 3. The summed E-state index contributed by atoms with van der Waals surface area (Å²) in [6.07, 6.45) is 10.9. The monoisotopic (exact) mass is 460 g/mol. The number of aryl methyl sites for hydroxylation is 1. The van der Waals surface area contributed by atoms with E-state index in [1.807, 2.05) is 12.1 Å². The zero-order valence-electron chi connectivity index (χ0n) is 18.4. The Bertz CT molecular complexity index is 829. The van der Waals surface area contributed by atoms with E-state index in [1.165, 1.54) is 55.9 Å². The first-order chi connectivity index (χ1) is 14.7. The van der Waals surface area contributed by atoms with E-state index >= 15 is 0 Å². The molecule has 7 heteroatoms. The lowest BCUT2D eigenvalue weighted by atomic mass is 10.0. The van der Waals surface area contributed by atoms with Gasteiger partial charge in [-0.2, -0.15) is 5.26 Å². The van der Waals surface area contributed by atoms with Gasteiger partial charge in [0.1, 0.15) is 0 Å². The van der Waals surface area contributed by atoms with Gasteiger partial charge in [-0.3, -0.25) is 9.79 Å². The maximum Gasteiger partial charge on any atom is 0.264 e. The van der Waals surface area contributed by atoms with E-state index < -0.39 is 0 Å². The molecule has 0 saturated carbocycles. The van der Waals surface area contributed by atoms with E-state index in [0.717, 1.165) is 42.5 Å². The Hall–Kier alpha value is -1.97. The van der Waals surface area contributed by atoms with E-state index in [0.29, 0.717) is 17.7 Å². The van der Waals surface area contributed by atoms with Crippen molar-refractivity contribution in [2.45, 2.75) is 71.1 Å². The van der Waals surface area contributed by atoms with Gasteiger partial charge in [0, 0.05) is 37.3 Å². The lowest BCUT2D eigenvalue weighted by Crippen LogP contribution is -2.29. The van der Waals surface area contributed by atoms with Gasteiger partial charge < -0.3 is 10.2 Å². The number of carbonyl (C=O) groups is 1. The first-order valence-corrected chi connectivity index (χ1v) is 12.0. The largest absolute Gasteiger partial charge is 0.323 e. The first kappa shape index (κ1) is 25.3. The minimum absolute atomic E-state index is 0. The van der Waals surface area contributed by atoms with Crippen molar-refractivity contribution in [1.29, 1.82) is 5.26 Å². The van der Waals surface area contributed by atoms with Gasteiger partial charge in [0.15, 0.2) is 5.17 Å². The highest BCUT2D eigenvalue weighted by molar-refractivity contribution is 8.18. The molecular weight excluding hydrogens is 428 g/mol. The summed E-state index contributed by atoms with van der Waals surface area (Å²) >= 11 is 1.44. The van der Waals surface area contributed by atoms with E-state index in [2.05, 4.69) is 40.3 Å². The molecule has 1 N–H and O–H groups in total. The van der Waals surface area contributed by atoms with Crippen LogP contribution in [0, 0.1) is 11.3 Å². The second kappa shape index (κ2) is 13.4. The fraction of sp³-hybridized carbons (Fsp3) is 0.542. The number of hydrogen-bond acceptors (Lipinski definition) is 5. The number of allylic oxidation sites excluding steroid dienone is 1. The zero-order valence-corrected chi connectivity index (χ0v) is 20.0. The number of nitrogens with one attached hydrogen (secondary N) is 1. The predicted octanol–water partition coefficient (Wildman–Crippen LogP) is 6.27. The van der Waals surface area contributed by atoms with Gasteiger partial charge in [0.25, 0.3) is 5.91 Å². The van der Waals surface area contributed by atoms with Crippen LogP contribution < -0.4 is 5.32 Å². The summed E-state index contributed by atoms with van der Waals surface area (Å²) in [5.41, 5.74) is 3.07. The number of fused-ring (bicyclic) bond motifs is 1. The number of rotatable bonds is 11. The highest BCUT2D eigenvalue weighted by Crippen LogP contribution is 2.38. The second-order valence-corrected chi connectivity index (χ2v) is 8.85. The number of amidine groups is 1. The van der Waals surface area contributed by atoms with Crippen LogP contribution in [0.15, 0.2) is 39.9 Å². The van der Waals surface area contributed by atoms with Crippen molar-refractivity contribution in [1.82, 2.24) is 4.90 Å². The average Bonchev–Trinajstić information content (AvgIpc) is 3.14. The highest BCUT2D eigenvalue weighted by atomic mass is 35.5. The summed E-state index contributed by atoms with van der Waals surface area (Å²) in [4.78, 5) is 20.3. The normalized spacial score (nSPS) is 15.1. The molecule has 5 nitrogen and oxygen atoms in total. The molecule has 2 heterocycles. The third-order valence-electron chi connectivity index (χ3n) is 5.51. The molecule has 0 spiro atoms. The minimum Gasteiger partial charge on any atom is -0.323 e. The van der Waals surface area contributed by atoms with Gasteiger partial charge in [0.2, 0.25) is 0 Å².